The van der Waals surface area contributed by atoms with E-state index in [2.05, 4.69) is 31.0 Å². The molecule has 0 aromatic rings. The van der Waals surface area contributed by atoms with Crippen molar-refractivity contribution in [3.63, 3.8) is 0 Å². The number of hydrogen-bond acceptors (Lipinski definition) is 2. The van der Waals surface area contributed by atoms with E-state index >= 15 is 0 Å². The van der Waals surface area contributed by atoms with Gasteiger partial charge < -0.3 is 5.32 Å². The fraction of sp³-hybridized carbons (Fsp3) is 0.900. The number of carbonyl (C=O) groups is 1. The number of carbonyl (C=O) groups excluding carboxylic acids is 1. The van der Waals surface area contributed by atoms with Crippen molar-refractivity contribution >= 4 is 6.41 Å². The number of likely N-dealkylation sites (tertiary alicyclic amines) is 1. The van der Waals surface area contributed by atoms with Gasteiger partial charge in [-0.25, -0.2) is 0 Å². The smallest absolute Gasteiger partial charge is 0.207 e. The Balaban J connectivity index is 2.35. The Hall–Kier alpha value is -0.570. The molecular formula is C10H20N2O. The van der Waals surface area contributed by atoms with Gasteiger partial charge in [-0.05, 0) is 20.3 Å². The minimum Gasteiger partial charge on any atom is -0.358 e. The van der Waals surface area contributed by atoms with E-state index in [-0.39, 0.29) is 0 Å². The van der Waals surface area contributed by atoms with E-state index in [4.69, 9.17) is 0 Å². The number of nitrogens with zero attached hydrogens (tertiary/aromatic N) is 1. The predicted molar refractivity (Wildman–Crippen MR) is 53.5 cm³/mol. The Bertz CT molecular complexity index is 174. The van der Waals surface area contributed by atoms with Crippen LogP contribution in [-0.2, 0) is 4.79 Å². The van der Waals surface area contributed by atoms with Gasteiger partial charge in [-0.15, -0.1) is 0 Å². The van der Waals surface area contributed by atoms with E-state index in [1.807, 2.05) is 0 Å². The quantitative estimate of drug-likeness (QED) is 0.643. The van der Waals surface area contributed by atoms with E-state index in [1.165, 1.54) is 0 Å². The highest BCUT2D eigenvalue weighted by Crippen LogP contribution is 2.34. The maximum absolute atomic E-state index is 10.2. The van der Waals surface area contributed by atoms with Crippen molar-refractivity contribution in [1.29, 1.82) is 0 Å². The summed E-state index contributed by atoms with van der Waals surface area (Å²) in [5.74, 6) is 0. The molecule has 1 heterocycles. The first-order valence-corrected chi connectivity index (χ1v) is 5.04. The number of hydrogen-bond donors (Lipinski definition) is 1. The molecule has 1 rings (SSSR count). The van der Waals surface area contributed by atoms with Gasteiger partial charge in [0.15, 0.2) is 0 Å². The molecule has 1 aliphatic heterocycles. The summed E-state index contributed by atoms with van der Waals surface area (Å²) in [6.07, 6.45) is 1.95. The Kier molecular flexibility index (Phi) is 3.31. The van der Waals surface area contributed by atoms with Crippen molar-refractivity contribution in [2.45, 2.75) is 33.2 Å². The van der Waals surface area contributed by atoms with Crippen molar-refractivity contribution in [2.75, 3.05) is 19.6 Å². The third-order valence-corrected chi connectivity index (χ3v) is 3.12. The van der Waals surface area contributed by atoms with Crippen molar-refractivity contribution in [2.24, 2.45) is 5.41 Å². The zero-order chi connectivity index (χ0) is 9.90. The van der Waals surface area contributed by atoms with E-state index in [0.29, 0.717) is 11.5 Å². The molecule has 0 atom stereocenters. The Morgan fingerprint density at radius 1 is 1.54 bits per heavy atom. The summed E-state index contributed by atoms with van der Waals surface area (Å²) in [5.41, 5.74) is 0.352. The van der Waals surface area contributed by atoms with Crippen molar-refractivity contribution in [3.05, 3.63) is 0 Å². The average molecular weight is 184 g/mol. The summed E-state index contributed by atoms with van der Waals surface area (Å²) in [6.45, 7) is 9.71. The van der Waals surface area contributed by atoms with Crippen molar-refractivity contribution < 1.29 is 4.79 Å². The van der Waals surface area contributed by atoms with Crippen LogP contribution in [0.25, 0.3) is 0 Å². The lowest BCUT2D eigenvalue weighted by Gasteiger charge is -2.52. The molecule has 1 amide bonds. The van der Waals surface area contributed by atoms with Gasteiger partial charge in [-0.2, -0.15) is 0 Å². The molecule has 76 valence electrons. The van der Waals surface area contributed by atoms with Gasteiger partial charge >= 0.3 is 0 Å². The highest BCUT2D eigenvalue weighted by Gasteiger charge is 2.41. The van der Waals surface area contributed by atoms with Crippen molar-refractivity contribution in [1.82, 2.24) is 10.2 Å². The molecule has 3 nitrogen and oxygen atoms in total. The number of nitrogens with one attached hydrogen (secondary N) is 1. The van der Waals surface area contributed by atoms with Gasteiger partial charge in [0.2, 0.25) is 6.41 Å². The van der Waals surface area contributed by atoms with Crippen LogP contribution in [0.2, 0.25) is 0 Å². The minimum absolute atomic E-state index is 0.352. The molecule has 1 fully saturated rings. The maximum atomic E-state index is 10.2. The fourth-order valence-electron chi connectivity index (χ4n) is 1.90. The molecule has 0 aliphatic carbocycles. The van der Waals surface area contributed by atoms with Crippen LogP contribution in [0.5, 0.6) is 0 Å². The zero-order valence-electron chi connectivity index (χ0n) is 8.84. The van der Waals surface area contributed by atoms with Crippen LogP contribution in [0.3, 0.4) is 0 Å². The second-order valence-corrected chi connectivity index (χ2v) is 4.35. The highest BCUT2D eigenvalue weighted by molar-refractivity contribution is 5.46. The van der Waals surface area contributed by atoms with Crippen LogP contribution in [0.15, 0.2) is 0 Å². The van der Waals surface area contributed by atoms with Gasteiger partial charge in [-0.3, -0.25) is 9.69 Å². The summed E-state index contributed by atoms with van der Waals surface area (Å²) in [6, 6.07) is 0.635. The van der Waals surface area contributed by atoms with Gasteiger partial charge in [-0.1, -0.05) is 6.92 Å². The topological polar surface area (TPSA) is 32.3 Å². The molecule has 0 saturated carbocycles. The summed E-state index contributed by atoms with van der Waals surface area (Å²) in [7, 11) is 0. The minimum atomic E-state index is 0.352. The first-order valence-electron chi connectivity index (χ1n) is 5.04. The molecule has 0 radical (unpaired) electrons. The largest absolute Gasteiger partial charge is 0.358 e. The molecule has 0 bridgehead atoms. The molecule has 0 aromatic carbocycles. The van der Waals surface area contributed by atoms with E-state index in [9.17, 15) is 4.79 Å². The lowest BCUT2D eigenvalue weighted by Crippen LogP contribution is -2.61. The molecule has 0 spiro atoms. The van der Waals surface area contributed by atoms with Crippen LogP contribution in [-0.4, -0.2) is 37.0 Å². The molecular weight excluding hydrogens is 164 g/mol. The molecule has 1 N–H and O–H groups in total. The van der Waals surface area contributed by atoms with Gasteiger partial charge in [0, 0.05) is 31.1 Å². The summed E-state index contributed by atoms with van der Waals surface area (Å²) >= 11 is 0. The maximum Gasteiger partial charge on any atom is 0.207 e. The predicted octanol–water partition coefficient (Wildman–Crippen LogP) is 0.853. The Morgan fingerprint density at radius 2 is 2.15 bits per heavy atom. The first-order chi connectivity index (χ1) is 6.13. The monoisotopic (exact) mass is 184 g/mol. The summed E-state index contributed by atoms with van der Waals surface area (Å²) in [5, 5.41) is 2.79. The van der Waals surface area contributed by atoms with Crippen LogP contribution < -0.4 is 5.32 Å². The third-order valence-electron chi connectivity index (χ3n) is 3.12. The molecule has 3 heteroatoms. The molecule has 0 unspecified atom stereocenters. The molecule has 0 aromatic heterocycles. The van der Waals surface area contributed by atoms with Gasteiger partial charge in [0.25, 0.3) is 0 Å². The molecule has 13 heavy (non-hydrogen) atoms. The first kappa shape index (κ1) is 10.5. The van der Waals surface area contributed by atoms with Gasteiger partial charge in [0.1, 0.15) is 0 Å². The molecule has 1 saturated heterocycles. The standard InChI is InChI=1S/C10H20N2O/c1-4-10(5-11-8-13)6-12(7-10)9(2)3/h8-9H,4-7H2,1-3H3,(H,11,13). The lowest BCUT2D eigenvalue weighted by molar-refractivity contribution is -0.111. The van der Waals surface area contributed by atoms with Crippen LogP contribution in [0.1, 0.15) is 27.2 Å². The second-order valence-electron chi connectivity index (χ2n) is 4.35. The zero-order valence-corrected chi connectivity index (χ0v) is 8.84. The molecule has 1 aliphatic rings. The second kappa shape index (κ2) is 4.09. The Labute approximate surface area is 80.5 Å². The van der Waals surface area contributed by atoms with Crippen LogP contribution in [0.4, 0.5) is 0 Å². The van der Waals surface area contributed by atoms with Crippen LogP contribution >= 0.6 is 0 Å². The normalized spacial score (nSPS) is 21.2. The number of amides is 1. The lowest BCUT2D eigenvalue weighted by atomic mass is 9.76. The third kappa shape index (κ3) is 2.21. The fourth-order valence-corrected chi connectivity index (χ4v) is 1.90. The van der Waals surface area contributed by atoms with Crippen LogP contribution in [0, 0.1) is 5.41 Å². The highest BCUT2D eigenvalue weighted by atomic mass is 16.1. The van der Waals surface area contributed by atoms with Crippen molar-refractivity contribution in [3.8, 4) is 0 Å². The SMILES string of the molecule is CCC1(CNC=O)CN(C(C)C)C1. The van der Waals surface area contributed by atoms with E-state index in [1.54, 1.807) is 0 Å². The van der Waals surface area contributed by atoms with E-state index in [0.717, 1.165) is 32.5 Å². The average Bonchev–Trinajstić information content (AvgIpc) is 2.03. The van der Waals surface area contributed by atoms with Gasteiger partial charge in [0.05, 0.1) is 0 Å². The summed E-state index contributed by atoms with van der Waals surface area (Å²) < 4.78 is 0. The Morgan fingerprint density at radius 3 is 2.54 bits per heavy atom. The summed E-state index contributed by atoms with van der Waals surface area (Å²) in [4.78, 5) is 12.6. The number of rotatable bonds is 5. The van der Waals surface area contributed by atoms with E-state index < -0.39 is 0 Å².